The lowest BCUT2D eigenvalue weighted by Gasteiger charge is -2.15. The van der Waals surface area contributed by atoms with E-state index in [-0.39, 0.29) is 0 Å². The van der Waals surface area contributed by atoms with E-state index in [1.165, 1.54) is 6.42 Å². The molecule has 0 spiro atoms. The van der Waals surface area contributed by atoms with Gasteiger partial charge in [0.2, 0.25) is 0 Å². The Morgan fingerprint density at radius 3 is 2.62 bits per heavy atom. The van der Waals surface area contributed by atoms with Gasteiger partial charge in [-0.15, -0.1) is 0 Å². The molecule has 1 fully saturated rings. The van der Waals surface area contributed by atoms with Crippen LogP contribution in [0.1, 0.15) is 24.5 Å². The number of pyridine rings is 1. The lowest BCUT2D eigenvalue weighted by atomic mass is 10.1. The Kier molecular flexibility index (Phi) is 5.01. The number of benzene rings is 2. The molecule has 148 valence electrons. The molecule has 1 saturated carbocycles. The second kappa shape index (κ2) is 7.63. The molecular weight excluding hydrogens is 360 g/mol. The minimum absolute atomic E-state index is 0.588. The highest BCUT2D eigenvalue weighted by molar-refractivity contribution is 5.89. The summed E-state index contributed by atoms with van der Waals surface area (Å²) in [6.07, 6.45) is 4.74. The van der Waals surface area contributed by atoms with Crippen LogP contribution in [0.5, 0.6) is 17.2 Å². The molecule has 0 amide bonds. The first-order valence-corrected chi connectivity index (χ1v) is 9.83. The summed E-state index contributed by atoms with van der Waals surface area (Å²) >= 11 is 0. The number of aryl methyl sites for hydroxylation is 1. The van der Waals surface area contributed by atoms with Crippen LogP contribution in [0.25, 0.3) is 17.0 Å². The second-order valence-corrected chi connectivity index (χ2v) is 7.68. The Hall–Kier alpha value is -3.27. The first-order valence-electron chi connectivity index (χ1n) is 9.83. The van der Waals surface area contributed by atoms with Crippen molar-refractivity contribution in [3.8, 4) is 17.2 Å². The van der Waals surface area contributed by atoms with Gasteiger partial charge < -0.3 is 14.8 Å². The van der Waals surface area contributed by atoms with Gasteiger partial charge in [0.25, 0.3) is 0 Å². The van der Waals surface area contributed by atoms with Crippen LogP contribution in [0.4, 0.5) is 5.69 Å². The third kappa shape index (κ3) is 3.83. The number of anilines is 1. The Labute approximate surface area is 171 Å². The number of methoxy groups -OCH3 is 1. The first kappa shape index (κ1) is 19.1. The highest BCUT2D eigenvalue weighted by Crippen LogP contribution is 2.43. The average Bonchev–Trinajstić information content (AvgIpc) is 3.46. The van der Waals surface area contributed by atoms with Crippen LogP contribution < -0.4 is 14.8 Å². The molecule has 1 aromatic heterocycles. The lowest BCUT2D eigenvalue weighted by Crippen LogP contribution is -2.01. The van der Waals surface area contributed by atoms with Crippen molar-refractivity contribution >= 4 is 22.7 Å². The second-order valence-electron chi connectivity index (χ2n) is 7.68. The van der Waals surface area contributed by atoms with Crippen molar-refractivity contribution in [3.63, 3.8) is 0 Å². The number of hydrogen-bond acceptors (Lipinski definition) is 4. The van der Waals surface area contributed by atoms with Crippen molar-refractivity contribution in [2.45, 2.75) is 20.3 Å². The van der Waals surface area contributed by atoms with Crippen molar-refractivity contribution < 1.29 is 9.47 Å². The Balaban J connectivity index is 1.61. The summed E-state index contributed by atoms with van der Waals surface area (Å²) in [4.78, 5) is 4.46. The van der Waals surface area contributed by atoms with Crippen molar-refractivity contribution in [2.75, 3.05) is 12.4 Å². The van der Waals surface area contributed by atoms with Gasteiger partial charge in [-0.3, -0.25) is 4.98 Å². The van der Waals surface area contributed by atoms with Gasteiger partial charge in [-0.25, -0.2) is 0 Å². The number of hydrogen-bond donors (Lipinski definition) is 1. The molecule has 4 nitrogen and oxygen atoms in total. The molecule has 1 N–H and O–H groups in total. The molecule has 1 aliphatic carbocycles. The molecule has 4 rings (SSSR count). The maximum absolute atomic E-state index is 6.26. The minimum Gasteiger partial charge on any atom is -0.496 e. The average molecular weight is 386 g/mol. The van der Waals surface area contributed by atoms with Gasteiger partial charge in [0.15, 0.2) is 0 Å². The standard InChI is InChI=1S/C25H26N2O2/c1-6-18-13-22-21(14-25(18)28-5)24(9-10-26-22)29-23-8-7-19(11-16(23)3)27-17(4)20-12-15(20)2/h6-11,13-15,20,27H,1,4,12H2,2-3,5H3. The number of nitrogens with zero attached hydrogens (tertiary/aromatic N) is 1. The zero-order valence-corrected chi connectivity index (χ0v) is 17.2. The van der Waals surface area contributed by atoms with Crippen LogP contribution in [-0.4, -0.2) is 12.1 Å². The third-order valence-electron chi connectivity index (χ3n) is 5.53. The fourth-order valence-corrected chi connectivity index (χ4v) is 3.63. The molecule has 2 atom stereocenters. The van der Waals surface area contributed by atoms with Gasteiger partial charge in [-0.05, 0) is 61.2 Å². The number of aromatic nitrogens is 1. The maximum Gasteiger partial charge on any atom is 0.138 e. The molecule has 1 heterocycles. The number of nitrogens with one attached hydrogen (secondary N) is 1. The molecule has 0 bridgehead atoms. The first-order chi connectivity index (χ1) is 14.0. The van der Waals surface area contributed by atoms with E-state index < -0.39 is 0 Å². The summed E-state index contributed by atoms with van der Waals surface area (Å²) in [5.74, 6) is 3.61. The molecule has 29 heavy (non-hydrogen) atoms. The molecule has 1 aliphatic rings. The molecule has 3 aromatic rings. The van der Waals surface area contributed by atoms with Gasteiger partial charge in [0.05, 0.1) is 12.6 Å². The predicted molar refractivity (Wildman–Crippen MR) is 120 cm³/mol. The van der Waals surface area contributed by atoms with Crippen molar-refractivity contribution in [2.24, 2.45) is 11.8 Å². The summed E-state index contributed by atoms with van der Waals surface area (Å²) in [7, 11) is 1.65. The van der Waals surface area contributed by atoms with Crippen LogP contribution in [-0.2, 0) is 0 Å². The highest BCUT2D eigenvalue weighted by Gasteiger charge is 2.34. The molecular formula is C25H26N2O2. The van der Waals surface area contributed by atoms with Crippen molar-refractivity contribution in [1.29, 1.82) is 0 Å². The van der Waals surface area contributed by atoms with E-state index in [9.17, 15) is 0 Å². The molecule has 4 heteroatoms. The predicted octanol–water partition coefficient (Wildman–Crippen LogP) is 6.57. The topological polar surface area (TPSA) is 43.4 Å². The van der Waals surface area contributed by atoms with E-state index in [1.807, 2.05) is 37.3 Å². The minimum atomic E-state index is 0.588. The number of allylic oxidation sites excluding steroid dienone is 1. The van der Waals surface area contributed by atoms with Crippen molar-refractivity contribution in [3.05, 3.63) is 72.6 Å². The van der Waals surface area contributed by atoms with Gasteiger partial charge in [-0.1, -0.05) is 26.2 Å². The van der Waals surface area contributed by atoms with E-state index in [0.717, 1.165) is 56.6 Å². The van der Waals surface area contributed by atoms with Gasteiger partial charge in [-0.2, -0.15) is 0 Å². The molecule has 2 aromatic carbocycles. The monoisotopic (exact) mass is 386 g/mol. The zero-order valence-electron chi connectivity index (χ0n) is 17.2. The third-order valence-corrected chi connectivity index (χ3v) is 5.53. The van der Waals surface area contributed by atoms with Crippen molar-refractivity contribution in [1.82, 2.24) is 4.98 Å². The normalized spacial score (nSPS) is 17.6. The number of ether oxygens (including phenoxy) is 2. The fourth-order valence-electron chi connectivity index (χ4n) is 3.63. The smallest absolute Gasteiger partial charge is 0.138 e. The zero-order chi connectivity index (χ0) is 20.5. The maximum atomic E-state index is 6.26. The molecule has 0 radical (unpaired) electrons. The van der Waals surface area contributed by atoms with Crippen LogP contribution in [0.3, 0.4) is 0 Å². The largest absolute Gasteiger partial charge is 0.496 e. The Bertz CT molecular complexity index is 1100. The summed E-state index contributed by atoms with van der Waals surface area (Å²) in [6.45, 7) is 12.3. The summed E-state index contributed by atoms with van der Waals surface area (Å²) in [5.41, 5.74) is 4.92. The van der Waals surface area contributed by atoms with Crippen LogP contribution in [0.2, 0.25) is 0 Å². The molecule has 0 saturated heterocycles. The number of fused-ring (bicyclic) bond motifs is 1. The molecule has 0 aliphatic heterocycles. The lowest BCUT2D eigenvalue weighted by molar-refractivity contribution is 0.414. The van der Waals surface area contributed by atoms with Gasteiger partial charge in [0.1, 0.15) is 17.2 Å². The fraction of sp³-hybridized carbons (Fsp3) is 0.240. The SMILES string of the molecule is C=Cc1cc2nccc(Oc3ccc(NC(=C)C4CC4C)cc3C)c2cc1OC. The summed E-state index contributed by atoms with van der Waals surface area (Å²) < 4.78 is 11.7. The van der Waals surface area contributed by atoms with E-state index >= 15 is 0 Å². The van der Waals surface area contributed by atoms with E-state index in [1.54, 1.807) is 19.4 Å². The van der Waals surface area contributed by atoms with E-state index in [2.05, 4.69) is 36.4 Å². The Morgan fingerprint density at radius 2 is 1.97 bits per heavy atom. The van der Waals surface area contributed by atoms with E-state index in [0.29, 0.717) is 5.92 Å². The summed E-state index contributed by atoms with van der Waals surface area (Å²) in [6, 6.07) is 11.9. The van der Waals surface area contributed by atoms with Crippen LogP contribution in [0, 0.1) is 18.8 Å². The van der Waals surface area contributed by atoms with Gasteiger partial charge in [0, 0.05) is 34.4 Å². The number of rotatable bonds is 7. The quantitative estimate of drug-likeness (QED) is 0.499. The molecule has 2 unspecified atom stereocenters. The van der Waals surface area contributed by atoms with Gasteiger partial charge >= 0.3 is 0 Å². The summed E-state index contributed by atoms with van der Waals surface area (Å²) in [5, 5.41) is 4.33. The highest BCUT2D eigenvalue weighted by atomic mass is 16.5. The van der Waals surface area contributed by atoms with E-state index in [4.69, 9.17) is 9.47 Å². The Morgan fingerprint density at radius 1 is 1.17 bits per heavy atom. The van der Waals surface area contributed by atoms with Crippen LogP contribution >= 0.6 is 0 Å². The van der Waals surface area contributed by atoms with Crippen LogP contribution in [0.15, 0.2) is 61.4 Å².